The van der Waals surface area contributed by atoms with Gasteiger partial charge in [0.25, 0.3) is 0 Å². The Balaban J connectivity index is 1.98. The van der Waals surface area contributed by atoms with Crippen molar-refractivity contribution in [2.75, 3.05) is 0 Å². The highest BCUT2D eigenvalue weighted by atomic mass is 15.6. The molecule has 0 unspecified atom stereocenters. The van der Waals surface area contributed by atoms with Gasteiger partial charge in [-0.15, -0.1) is 15.0 Å². The number of nitrogens with zero attached hydrogens (tertiary/aromatic N) is 5. The minimum atomic E-state index is 0.784. The zero-order valence-corrected chi connectivity index (χ0v) is 8.93. The molecule has 3 aromatic rings. The Morgan fingerprint density at radius 2 is 1.65 bits per heavy atom. The van der Waals surface area contributed by atoms with E-state index < -0.39 is 0 Å². The molecule has 1 aromatic heterocycles. The van der Waals surface area contributed by atoms with Gasteiger partial charge in [-0.25, -0.2) is 0 Å². The van der Waals surface area contributed by atoms with E-state index in [-0.39, 0.29) is 0 Å². The molecule has 0 bridgehead atoms. The highest BCUT2D eigenvalue weighted by molar-refractivity contribution is 5.73. The van der Waals surface area contributed by atoms with Crippen LogP contribution in [0.3, 0.4) is 0 Å². The molecule has 0 N–H and O–H groups in total. The van der Waals surface area contributed by atoms with Crippen LogP contribution in [0.25, 0.3) is 11.0 Å². The van der Waals surface area contributed by atoms with Gasteiger partial charge in [0.05, 0.1) is 5.69 Å². The van der Waals surface area contributed by atoms with Gasteiger partial charge in [-0.1, -0.05) is 30.3 Å². The van der Waals surface area contributed by atoms with Crippen molar-refractivity contribution in [2.45, 2.75) is 0 Å². The van der Waals surface area contributed by atoms with Gasteiger partial charge in [0.2, 0.25) is 0 Å². The minimum absolute atomic E-state index is 0.784. The van der Waals surface area contributed by atoms with Crippen molar-refractivity contribution in [1.29, 1.82) is 0 Å². The maximum absolute atomic E-state index is 4.08. The summed E-state index contributed by atoms with van der Waals surface area (Å²) in [5.41, 5.74) is 2.43. The van der Waals surface area contributed by atoms with Crippen molar-refractivity contribution in [3.8, 4) is 0 Å². The van der Waals surface area contributed by atoms with Crippen LogP contribution in [-0.2, 0) is 0 Å². The minimum Gasteiger partial charge on any atom is -0.131 e. The maximum Gasteiger partial charge on any atom is 0.117 e. The molecule has 2 aromatic carbocycles. The van der Waals surface area contributed by atoms with Crippen molar-refractivity contribution in [3.05, 3.63) is 54.6 Å². The lowest BCUT2D eigenvalue weighted by Gasteiger charge is -1.92. The zero-order valence-electron chi connectivity index (χ0n) is 8.93. The van der Waals surface area contributed by atoms with Crippen molar-refractivity contribution in [2.24, 2.45) is 10.3 Å². The molecule has 0 fully saturated rings. The van der Waals surface area contributed by atoms with Crippen LogP contribution in [0.15, 0.2) is 64.9 Å². The average Bonchev–Trinajstić information content (AvgIpc) is 2.81. The third kappa shape index (κ3) is 1.90. The van der Waals surface area contributed by atoms with Crippen molar-refractivity contribution < 1.29 is 0 Å². The Hall–Kier alpha value is -2.56. The smallest absolute Gasteiger partial charge is 0.117 e. The first-order valence-electron chi connectivity index (χ1n) is 5.21. The highest BCUT2D eigenvalue weighted by Gasteiger charge is 2.00. The molecule has 0 saturated carbocycles. The van der Waals surface area contributed by atoms with E-state index in [0.29, 0.717) is 0 Å². The van der Waals surface area contributed by atoms with Gasteiger partial charge in [-0.3, -0.25) is 0 Å². The van der Waals surface area contributed by atoms with E-state index >= 15 is 0 Å². The molecule has 0 aliphatic rings. The molecule has 0 spiro atoms. The lowest BCUT2D eigenvalue weighted by Crippen LogP contribution is -1.88. The Morgan fingerprint density at radius 1 is 0.882 bits per heavy atom. The summed E-state index contributed by atoms with van der Waals surface area (Å²) in [7, 11) is 0. The predicted octanol–water partition coefficient (Wildman–Crippen LogP) is 2.98. The SMILES string of the molecule is c1ccc(/N=N/n2nnc3ccccc32)cc1. The van der Waals surface area contributed by atoms with Gasteiger partial charge in [0.1, 0.15) is 11.0 Å². The molecule has 0 amide bonds. The summed E-state index contributed by atoms with van der Waals surface area (Å²) < 4.78 is 0. The van der Waals surface area contributed by atoms with Crippen LogP contribution in [0.1, 0.15) is 0 Å². The van der Waals surface area contributed by atoms with E-state index in [9.17, 15) is 0 Å². The van der Waals surface area contributed by atoms with E-state index in [1.165, 1.54) is 4.79 Å². The van der Waals surface area contributed by atoms with Crippen LogP contribution < -0.4 is 0 Å². The third-order valence-corrected chi connectivity index (χ3v) is 2.34. The average molecular weight is 223 g/mol. The number of hydrogen-bond donors (Lipinski definition) is 0. The maximum atomic E-state index is 4.08. The van der Waals surface area contributed by atoms with Crippen LogP contribution >= 0.6 is 0 Å². The van der Waals surface area contributed by atoms with Gasteiger partial charge in [0, 0.05) is 0 Å². The summed E-state index contributed by atoms with van der Waals surface area (Å²) in [6.45, 7) is 0. The molecular formula is C12H9N5. The molecule has 0 aliphatic carbocycles. The molecule has 82 valence electrons. The van der Waals surface area contributed by atoms with Crippen LogP contribution in [0.5, 0.6) is 0 Å². The first-order valence-corrected chi connectivity index (χ1v) is 5.21. The number of fused-ring (bicyclic) bond motifs is 1. The van der Waals surface area contributed by atoms with E-state index in [0.717, 1.165) is 16.7 Å². The molecule has 1 heterocycles. The van der Waals surface area contributed by atoms with E-state index in [2.05, 4.69) is 20.6 Å². The molecule has 17 heavy (non-hydrogen) atoms. The molecule has 3 rings (SSSR count). The van der Waals surface area contributed by atoms with Crippen molar-refractivity contribution in [1.82, 2.24) is 15.1 Å². The fourth-order valence-electron chi connectivity index (χ4n) is 1.51. The van der Waals surface area contributed by atoms with Crippen LogP contribution in [-0.4, -0.2) is 15.1 Å². The van der Waals surface area contributed by atoms with E-state index in [4.69, 9.17) is 0 Å². The predicted molar refractivity (Wildman–Crippen MR) is 63.9 cm³/mol. The Labute approximate surface area is 97.4 Å². The largest absolute Gasteiger partial charge is 0.131 e. The number of aromatic nitrogens is 3. The van der Waals surface area contributed by atoms with Gasteiger partial charge in [0.15, 0.2) is 0 Å². The third-order valence-electron chi connectivity index (χ3n) is 2.34. The summed E-state index contributed by atoms with van der Waals surface area (Å²) >= 11 is 0. The van der Waals surface area contributed by atoms with Crippen LogP contribution in [0.4, 0.5) is 5.69 Å². The Morgan fingerprint density at radius 3 is 2.53 bits per heavy atom. The van der Waals surface area contributed by atoms with Crippen LogP contribution in [0.2, 0.25) is 0 Å². The number of rotatable bonds is 2. The van der Waals surface area contributed by atoms with Gasteiger partial charge < -0.3 is 0 Å². The highest BCUT2D eigenvalue weighted by Crippen LogP contribution is 2.13. The molecule has 0 atom stereocenters. The summed E-state index contributed by atoms with van der Waals surface area (Å²) in [6.07, 6.45) is 0. The normalized spacial score (nSPS) is 11.3. The fraction of sp³-hybridized carbons (Fsp3) is 0. The number of hydrogen-bond acceptors (Lipinski definition) is 4. The van der Waals surface area contributed by atoms with E-state index in [1.807, 2.05) is 54.6 Å². The zero-order chi connectivity index (χ0) is 11.5. The number of benzene rings is 2. The van der Waals surface area contributed by atoms with Crippen molar-refractivity contribution in [3.63, 3.8) is 0 Å². The summed E-state index contributed by atoms with van der Waals surface area (Å²) in [5, 5.41) is 16.0. The summed E-state index contributed by atoms with van der Waals surface area (Å²) in [6, 6.07) is 17.1. The Bertz CT molecular complexity index is 657. The standard InChI is InChI=1S/C12H9N5/c1-2-6-10(7-3-1)13-15-17-12-9-5-4-8-11(12)14-16-17/h1-9H/b15-13+. The molecular weight excluding hydrogens is 214 g/mol. The molecule has 0 saturated heterocycles. The second-order valence-corrected chi connectivity index (χ2v) is 3.49. The topological polar surface area (TPSA) is 55.4 Å². The summed E-state index contributed by atoms with van der Waals surface area (Å²) in [4.78, 5) is 1.42. The molecule has 5 heteroatoms. The Kier molecular flexibility index (Phi) is 2.34. The number of para-hydroxylation sites is 1. The lowest BCUT2D eigenvalue weighted by atomic mass is 10.3. The van der Waals surface area contributed by atoms with Crippen molar-refractivity contribution >= 4 is 16.7 Å². The monoisotopic (exact) mass is 223 g/mol. The first-order chi connectivity index (χ1) is 8.43. The van der Waals surface area contributed by atoms with Gasteiger partial charge >= 0.3 is 0 Å². The quantitative estimate of drug-likeness (QED) is 0.627. The second-order valence-electron chi connectivity index (χ2n) is 3.49. The first kappa shape index (κ1) is 9.65. The van der Waals surface area contributed by atoms with Gasteiger partial charge in [-0.2, -0.15) is 0 Å². The van der Waals surface area contributed by atoms with E-state index in [1.54, 1.807) is 0 Å². The second kappa shape index (κ2) is 4.13. The summed E-state index contributed by atoms with van der Waals surface area (Å²) in [5.74, 6) is 0. The fourth-order valence-corrected chi connectivity index (χ4v) is 1.51. The molecule has 0 aliphatic heterocycles. The van der Waals surface area contributed by atoms with Crippen LogP contribution in [0, 0.1) is 0 Å². The lowest BCUT2D eigenvalue weighted by molar-refractivity contribution is 0.674. The molecule has 0 radical (unpaired) electrons. The van der Waals surface area contributed by atoms with Gasteiger partial charge in [-0.05, 0) is 34.7 Å². The molecule has 5 nitrogen and oxygen atoms in total.